The Bertz CT molecular complexity index is 308. The van der Waals surface area contributed by atoms with Crippen LogP contribution in [0, 0.1) is 5.92 Å². The zero-order chi connectivity index (χ0) is 15.7. The van der Waals surface area contributed by atoms with Crippen LogP contribution in [0.1, 0.15) is 34.1 Å². The molecule has 0 heterocycles. The first-order chi connectivity index (χ1) is 9.33. The van der Waals surface area contributed by atoms with Gasteiger partial charge in [-0.2, -0.15) is 0 Å². The standard InChI is InChI=1S/C14H28N2O4/c1-6-12(4)16(10-13(17)18)14(19)15(7-8-20-5)9-11(2)3/h11-12H,6-10H2,1-5H3,(H,17,18). The van der Waals surface area contributed by atoms with Gasteiger partial charge in [0.15, 0.2) is 0 Å². The molecule has 0 bridgehead atoms. The lowest BCUT2D eigenvalue weighted by Crippen LogP contribution is -2.50. The van der Waals surface area contributed by atoms with Crippen LogP contribution in [0.15, 0.2) is 0 Å². The Kier molecular flexibility index (Phi) is 8.96. The molecule has 1 atom stereocenters. The highest BCUT2D eigenvalue weighted by Gasteiger charge is 2.26. The van der Waals surface area contributed by atoms with Gasteiger partial charge in [-0.1, -0.05) is 20.8 Å². The number of methoxy groups -OCH3 is 1. The Hall–Kier alpha value is -1.30. The Labute approximate surface area is 121 Å². The van der Waals surface area contributed by atoms with Gasteiger partial charge in [-0.25, -0.2) is 4.79 Å². The minimum atomic E-state index is -0.991. The van der Waals surface area contributed by atoms with E-state index in [-0.39, 0.29) is 18.6 Å². The third-order valence-electron chi connectivity index (χ3n) is 3.10. The highest BCUT2D eigenvalue weighted by molar-refractivity contribution is 5.80. The van der Waals surface area contributed by atoms with E-state index in [1.165, 1.54) is 4.90 Å². The smallest absolute Gasteiger partial charge is 0.323 e. The van der Waals surface area contributed by atoms with Crippen molar-refractivity contribution in [1.29, 1.82) is 0 Å². The molecule has 0 rings (SSSR count). The second-order valence-electron chi connectivity index (χ2n) is 5.39. The van der Waals surface area contributed by atoms with Crippen molar-refractivity contribution in [2.45, 2.75) is 40.2 Å². The van der Waals surface area contributed by atoms with E-state index in [2.05, 4.69) is 0 Å². The summed E-state index contributed by atoms with van der Waals surface area (Å²) in [7, 11) is 1.59. The topological polar surface area (TPSA) is 70.1 Å². The molecule has 0 saturated heterocycles. The molecule has 0 aliphatic rings. The molecular formula is C14H28N2O4. The number of carboxylic acid groups (broad SMARTS) is 1. The minimum Gasteiger partial charge on any atom is -0.480 e. The molecule has 0 aliphatic carbocycles. The van der Waals surface area contributed by atoms with Crippen molar-refractivity contribution in [2.75, 3.05) is 33.4 Å². The fraction of sp³-hybridized carbons (Fsp3) is 0.857. The molecule has 0 aromatic rings. The van der Waals surface area contributed by atoms with Crippen LogP contribution < -0.4 is 0 Å². The molecule has 0 aliphatic heterocycles. The first-order valence-corrected chi connectivity index (χ1v) is 7.09. The van der Waals surface area contributed by atoms with E-state index >= 15 is 0 Å². The number of carbonyl (C=O) groups excluding carboxylic acids is 1. The summed E-state index contributed by atoms with van der Waals surface area (Å²) >= 11 is 0. The van der Waals surface area contributed by atoms with Gasteiger partial charge in [0.25, 0.3) is 0 Å². The fourth-order valence-electron chi connectivity index (χ4n) is 1.87. The molecule has 0 aromatic carbocycles. The van der Waals surface area contributed by atoms with Crippen LogP contribution in [0.5, 0.6) is 0 Å². The lowest BCUT2D eigenvalue weighted by molar-refractivity contribution is -0.138. The van der Waals surface area contributed by atoms with Gasteiger partial charge in [-0.05, 0) is 19.3 Å². The van der Waals surface area contributed by atoms with Gasteiger partial charge in [0.2, 0.25) is 0 Å². The van der Waals surface area contributed by atoms with Crippen LogP contribution in [0.25, 0.3) is 0 Å². The van der Waals surface area contributed by atoms with Crippen LogP contribution in [0.2, 0.25) is 0 Å². The van der Waals surface area contributed by atoms with Crippen molar-refractivity contribution < 1.29 is 19.4 Å². The minimum absolute atomic E-state index is 0.101. The molecular weight excluding hydrogens is 260 g/mol. The maximum atomic E-state index is 12.6. The van der Waals surface area contributed by atoms with Crippen molar-refractivity contribution in [3.8, 4) is 0 Å². The molecule has 0 radical (unpaired) electrons. The maximum absolute atomic E-state index is 12.6. The predicted molar refractivity (Wildman–Crippen MR) is 77.8 cm³/mol. The number of nitrogens with zero attached hydrogens (tertiary/aromatic N) is 2. The van der Waals surface area contributed by atoms with Crippen molar-refractivity contribution >= 4 is 12.0 Å². The Morgan fingerprint density at radius 1 is 1.25 bits per heavy atom. The molecule has 2 amide bonds. The van der Waals surface area contributed by atoms with Crippen molar-refractivity contribution in [1.82, 2.24) is 9.80 Å². The van der Waals surface area contributed by atoms with Crippen LogP contribution in [0.4, 0.5) is 4.79 Å². The van der Waals surface area contributed by atoms with E-state index in [1.54, 1.807) is 12.0 Å². The largest absolute Gasteiger partial charge is 0.480 e. The normalized spacial score (nSPS) is 12.3. The first kappa shape index (κ1) is 18.7. The molecule has 118 valence electrons. The number of hydrogen-bond donors (Lipinski definition) is 1. The van der Waals surface area contributed by atoms with Gasteiger partial charge in [-0.15, -0.1) is 0 Å². The fourth-order valence-corrected chi connectivity index (χ4v) is 1.87. The number of carbonyl (C=O) groups is 2. The van der Waals surface area contributed by atoms with Crippen LogP contribution in [0.3, 0.4) is 0 Å². The van der Waals surface area contributed by atoms with Crippen LogP contribution in [-0.2, 0) is 9.53 Å². The monoisotopic (exact) mass is 288 g/mol. The third-order valence-corrected chi connectivity index (χ3v) is 3.10. The summed E-state index contributed by atoms with van der Waals surface area (Å²) in [6.07, 6.45) is 0.721. The van der Waals surface area contributed by atoms with E-state index in [4.69, 9.17) is 9.84 Å². The Morgan fingerprint density at radius 3 is 2.25 bits per heavy atom. The van der Waals surface area contributed by atoms with E-state index in [0.29, 0.717) is 25.6 Å². The predicted octanol–water partition coefficient (Wildman–Crippen LogP) is 1.90. The molecule has 0 fully saturated rings. The number of amides is 2. The highest BCUT2D eigenvalue weighted by atomic mass is 16.5. The van der Waals surface area contributed by atoms with Gasteiger partial charge >= 0.3 is 12.0 Å². The molecule has 20 heavy (non-hydrogen) atoms. The van der Waals surface area contributed by atoms with Gasteiger partial charge in [0.1, 0.15) is 6.54 Å². The molecule has 1 N–H and O–H groups in total. The van der Waals surface area contributed by atoms with E-state index in [0.717, 1.165) is 6.42 Å². The summed E-state index contributed by atoms with van der Waals surface area (Å²) in [5.74, 6) is -0.672. The number of urea groups is 1. The van der Waals surface area contributed by atoms with Gasteiger partial charge in [0, 0.05) is 26.2 Å². The maximum Gasteiger partial charge on any atom is 0.323 e. The summed E-state index contributed by atoms with van der Waals surface area (Å²) in [5.41, 5.74) is 0. The summed E-state index contributed by atoms with van der Waals surface area (Å²) in [4.78, 5) is 26.6. The molecule has 0 aromatic heterocycles. The summed E-state index contributed by atoms with van der Waals surface area (Å²) < 4.78 is 5.02. The number of ether oxygens (including phenoxy) is 1. The number of carboxylic acids is 1. The Morgan fingerprint density at radius 2 is 1.85 bits per heavy atom. The van der Waals surface area contributed by atoms with Gasteiger partial charge in [0.05, 0.1) is 6.61 Å². The zero-order valence-corrected chi connectivity index (χ0v) is 13.3. The first-order valence-electron chi connectivity index (χ1n) is 7.09. The SMILES string of the molecule is CCC(C)N(CC(=O)O)C(=O)N(CCOC)CC(C)C. The van der Waals surface area contributed by atoms with E-state index < -0.39 is 5.97 Å². The van der Waals surface area contributed by atoms with E-state index in [9.17, 15) is 9.59 Å². The molecule has 1 unspecified atom stereocenters. The van der Waals surface area contributed by atoms with Gasteiger partial charge in [-0.3, -0.25) is 4.79 Å². The second kappa shape index (κ2) is 9.58. The Balaban J connectivity index is 4.96. The highest BCUT2D eigenvalue weighted by Crippen LogP contribution is 2.10. The average molecular weight is 288 g/mol. The molecule has 6 nitrogen and oxygen atoms in total. The summed E-state index contributed by atoms with van der Waals surface area (Å²) in [6.45, 7) is 9.10. The number of rotatable bonds is 9. The lowest BCUT2D eigenvalue weighted by atomic mass is 10.2. The van der Waals surface area contributed by atoms with Crippen molar-refractivity contribution in [3.63, 3.8) is 0 Å². The quantitative estimate of drug-likeness (QED) is 0.703. The van der Waals surface area contributed by atoms with Crippen LogP contribution >= 0.6 is 0 Å². The van der Waals surface area contributed by atoms with Gasteiger partial charge < -0.3 is 19.6 Å². The number of hydrogen-bond acceptors (Lipinski definition) is 3. The molecule has 0 saturated carbocycles. The zero-order valence-electron chi connectivity index (χ0n) is 13.3. The third kappa shape index (κ3) is 6.75. The lowest BCUT2D eigenvalue weighted by Gasteiger charge is -2.34. The van der Waals surface area contributed by atoms with Crippen molar-refractivity contribution in [3.05, 3.63) is 0 Å². The summed E-state index contributed by atoms with van der Waals surface area (Å²) in [6, 6.07) is -0.330. The second-order valence-corrected chi connectivity index (χ2v) is 5.39. The number of aliphatic carboxylic acids is 1. The molecule has 0 spiro atoms. The average Bonchev–Trinajstić information content (AvgIpc) is 2.38. The molecule has 6 heteroatoms. The summed E-state index contributed by atoms with van der Waals surface area (Å²) in [5, 5.41) is 8.98. The van der Waals surface area contributed by atoms with Crippen molar-refractivity contribution in [2.24, 2.45) is 5.92 Å². The van der Waals surface area contributed by atoms with E-state index in [1.807, 2.05) is 27.7 Å². The van der Waals surface area contributed by atoms with Crippen LogP contribution in [-0.4, -0.2) is 66.3 Å².